The summed E-state index contributed by atoms with van der Waals surface area (Å²) in [6, 6.07) is 4.92. The first-order valence-corrected chi connectivity index (χ1v) is 5.41. The third-order valence-electron chi connectivity index (χ3n) is 1.35. The molecular formula is C8H7Cl2NOS. The van der Waals surface area contributed by atoms with Gasteiger partial charge in [0.2, 0.25) is 0 Å². The summed E-state index contributed by atoms with van der Waals surface area (Å²) in [6.07, 6.45) is 1.69. The van der Waals surface area contributed by atoms with Crippen molar-refractivity contribution in [3.63, 3.8) is 0 Å². The average molecular weight is 236 g/mol. The van der Waals surface area contributed by atoms with Crippen LogP contribution in [0, 0.1) is 0 Å². The molecule has 0 bridgehead atoms. The molecule has 0 spiro atoms. The zero-order valence-electron chi connectivity index (χ0n) is 6.80. The summed E-state index contributed by atoms with van der Waals surface area (Å²) in [5, 5.41) is 3.46. The van der Waals surface area contributed by atoms with E-state index in [-0.39, 0.29) is 5.24 Å². The Morgan fingerprint density at radius 3 is 2.69 bits per heavy atom. The van der Waals surface area contributed by atoms with Crippen molar-refractivity contribution < 1.29 is 4.79 Å². The van der Waals surface area contributed by atoms with Gasteiger partial charge in [-0.15, -0.1) is 0 Å². The van der Waals surface area contributed by atoms with Gasteiger partial charge in [-0.2, -0.15) is 0 Å². The molecule has 13 heavy (non-hydrogen) atoms. The molecule has 0 aromatic heterocycles. The molecule has 1 aromatic rings. The second-order valence-electron chi connectivity index (χ2n) is 2.24. The first kappa shape index (κ1) is 10.7. The van der Waals surface area contributed by atoms with Crippen LogP contribution < -0.4 is 5.32 Å². The van der Waals surface area contributed by atoms with Gasteiger partial charge in [0.15, 0.2) is 0 Å². The van der Waals surface area contributed by atoms with Crippen LogP contribution in [0.4, 0.5) is 10.5 Å². The fourth-order valence-corrected chi connectivity index (χ4v) is 1.42. The van der Waals surface area contributed by atoms with Crippen LogP contribution in [-0.4, -0.2) is 11.5 Å². The lowest BCUT2D eigenvalue weighted by atomic mass is 10.3. The highest BCUT2D eigenvalue weighted by Gasteiger charge is 2.04. The van der Waals surface area contributed by atoms with Crippen LogP contribution in [-0.2, 0) is 0 Å². The van der Waals surface area contributed by atoms with Crippen molar-refractivity contribution in [2.45, 2.75) is 0 Å². The number of benzene rings is 1. The van der Waals surface area contributed by atoms with Crippen LogP contribution in [0.3, 0.4) is 0 Å². The van der Waals surface area contributed by atoms with Gasteiger partial charge in [0.05, 0.1) is 10.7 Å². The molecule has 1 rings (SSSR count). The maximum Gasteiger partial charge on any atom is 0.283 e. The van der Waals surface area contributed by atoms with Crippen molar-refractivity contribution in [3.05, 3.63) is 28.2 Å². The molecule has 70 valence electrons. The first-order valence-electron chi connectivity index (χ1n) is 3.43. The standard InChI is InChI=1S/C8H7Cl2NOS/c1-13-8(12)11-7-3-2-5(9)4-6(7)10/h2-4H,1H3,(H,11,12). The SMILES string of the molecule is CSC(=O)Nc1ccc(Cl)cc1Cl. The molecule has 0 aliphatic heterocycles. The lowest BCUT2D eigenvalue weighted by molar-refractivity contribution is 0.270. The second-order valence-corrected chi connectivity index (χ2v) is 3.86. The third-order valence-corrected chi connectivity index (χ3v) is 2.37. The van der Waals surface area contributed by atoms with Crippen LogP contribution in [0.5, 0.6) is 0 Å². The molecule has 0 aliphatic rings. The van der Waals surface area contributed by atoms with Crippen LogP contribution in [0.25, 0.3) is 0 Å². The topological polar surface area (TPSA) is 29.1 Å². The minimum absolute atomic E-state index is 0.149. The molecule has 1 aromatic carbocycles. The molecule has 2 nitrogen and oxygen atoms in total. The number of hydrogen-bond donors (Lipinski definition) is 1. The molecule has 1 N–H and O–H groups in total. The number of amides is 1. The zero-order chi connectivity index (χ0) is 9.84. The van der Waals surface area contributed by atoms with Gasteiger partial charge < -0.3 is 5.32 Å². The predicted molar refractivity (Wildman–Crippen MR) is 59.0 cm³/mol. The lowest BCUT2D eigenvalue weighted by Crippen LogP contribution is -2.03. The van der Waals surface area contributed by atoms with Crippen LogP contribution in [0.15, 0.2) is 18.2 Å². The van der Waals surface area contributed by atoms with Crippen molar-refractivity contribution in [1.82, 2.24) is 0 Å². The molecule has 0 unspecified atom stereocenters. The van der Waals surface area contributed by atoms with Gasteiger partial charge in [-0.1, -0.05) is 35.0 Å². The van der Waals surface area contributed by atoms with Gasteiger partial charge in [-0.25, -0.2) is 0 Å². The van der Waals surface area contributed by atoms with Gasteiger partial charge in [0, 0.05) is 5.02 Å². The average Bonchev–Trinajstić information content (AvgIpc) is 2.09. The minimum Gasteiger partial charge on any atom is -0.315 e. The number of anilines is 1. The smallest absolute Gasteiger partial charge is 0.283 e. The number of hydrogen-bond acceptors (Lipinski definition) is 2. The van der Waals surface area contributed by atoms with Gasteiger partial charge in [-0.3, -0.25) is 4.79 Å². The summed E-state index contributed by atoms with van der Waals surface area (Å²) >= 11 is 12.6. The molecule has 0 saturated heterocycles. The quantitative estimate of drug-likeness (QED) is 0.801. The Morgan fingerprint density at radius 1 is 1.46 bits per heavy atom. The molecule has 0 saturated carbocycles. The monoisotopic (exact) mass is 235 g/mol. The summed E-state index contributed by atoms with van der Waals surface area (Å²) < 4.78 is 0. The Balaban J connectivity index is 2.83. The molecule has 0 heterocycles. The maximum atomic E-state index is 11.0. The van der Waals surface area contributed by atoms with E-state index in [4.69, 9.17) is 23.2 Å². The van der Waals surface area contributed by atoms with Crippen molar-refractivity contribution in [2.75, 3.05) is 11.6 Å². The van der Waals surface area contributed by atoms with Crippen LogP contribution in [0.1, 0.15) is 0 Å². The van der Waals surface area contributed by atoms with E-state index in [1.165, 1.54) is 0 Å². The highest BCUT2D eigenvalue weighted by Crippen LogP contribution is 2.25. The van der Waals surface area contributed by atoms with E-state index in [9.17, 15) is 4.79 Å². The van der Waals surface area contributed by atoms with Crippen molar-refractivity contribution in [2.24, 2.45) is 0 Å². The summed E-state index contributed by atoms with van der Waals surface area (Å²) in [5.74, 6) is 0. The highest BCUT2D eigenvalue weighted by atomic mass is 35.5. The van der Waals surface area contributed by atoms with Gasteiger partial charge in [-0.05, 0) is 24.5 Å². The zero-order valence-corrected chi connectivity index (χ0v) is 9.13. The van der Waals surface area contributed by atoms with E-state index in [1.54, 1.807) is 24.5 Å². The number of nitrogens with one attached hydrogen (secondary N) is 1. The number of carbonyl (C=O) groups is 1. The lowest BCUT2D eigenvalue weighted by Gasteiger charge is -2.04. The molecule has 0 radical (unpaired) electrons. The summed E-state index contributed by atoms with van der Waals surface area (Å²) in [5.41, 5.74) is 0.574. The van der Waals surface area contributed by atoms with Gasteiger partial charge >= 0.3 is 0 Å². The summed E-state index contributed by atoms with van der Waals surface area (Å²) in [6.45, 7) is 0. The van der Waals surface area contributed by atoms with Crippen molar-refractivity contribution in [3.8, 4) is 0 Å². The van der Waals surface area contributed by atoms with Crippen molar-refractivity contribution >= 4 is 45.9 Å². The molecule has 0 fully saturated rings. The van der Waals surface area contributed by atoms with E-state index in [0.717, 1.165) is 11.8 Å². The minimum atomic E-state index is -0.149. The van der Waals surface area contributed by atoms with E-state index in [0.29, 0.717) is 15.7 Å². The van der Waals surface area contributed by atoms with Crippen molar-refractivity contribution in [1.29, 1.82) is 0 Å². The molecule has 5 heteroatoms. The third kappa shape index (κ3) is 3.10. The van der Waals surface area contributed by atoms with E-state index >= 15 is 0 Å². The van der Waals surface area contributed by atoms with Gasteiger partial charge in [0.25, 0.3) is 5.24 Å². The Hall–Kier alpha value is -0.380. The highest BCUT2D eigenvalue weighted by molar-refractivity contribution is 8.13. The number of carbonyl (C=O) groups excluding carboxylic acids is 1. The fourth-order valence-electron chi connectivity index (χ4n) is 0.752. The molecule has 1 amide bonds. The van der Waals surface area contributed by atoms with E-state index in [2.05, 4.69) is 5.32 Å². The van der Waals surface area contributed by atoms with Gasteiger partial charge in [0.1, 0.15) is 0 Å². The normalized spacial score (nSPS) is 9.77. The second kappa shape index (κ2) is 4.74. The Morgan fingerprint density at radius 2 is 2.15 bits per heavy atom. The van der Waals surface area contributed by atoms with Crippen LogP contribution in [0.2, 0.25) is 10.0 Å². The first-order chi connectivity index (χ1) is 6.13. The molecule has 0 atom stereocenters. The fraction of sp³-hybridized carbons (Fsp3) is 0.125. The predicted octanol–water partition coefficient (Wildman–Crippen LogP) is 3.89. The Bertz CT molecular complexity index is 330. The largest absolute Gasteiger partial charge is 0.315 e. The molecular weight excluding hydrogens is 229 g/mol. The number of thioether (sulfide) groups is 1. The number of rotatable bonds is 1. The number of halogens is 2. The molecule has 0 aliphatic carbocycles. The summed E-state index contributed by atoms with van der Waals surface area (Å²) in [4.78, 5) is 11.0. The Kier molecular flexibility index (Phi) is 3.90. The van der Waals surface area contributed by atoms with Crippen LogP contribution >= 0.6 is 35.0 Å². The maximum absolute atomic E-state index is 11.0. The van der Waals surface area contributed by atoms with E-state index in [1.807, 2.05) is 0 Å². The summed E-state index contributed by atoms with van der Waals surface area (Å²) in [7, 11) is 0. The van der Waals surface area contributed by atoms with E-state index < -0.39 is 0 Å². The Labute approximate surface area is 90.6 Å².